The fourth-order valence-electron chi connectivity index (χ4n) is 2.68. The molecule has 118 valence electrons. The summed E-state index contributed by atoms with van der Waals surface area (Å²) >= 11 is 0. The monoisotopic (exact) mass is 290 g/mol. The number of nitrogens with zero attached hydrogens (tertiary/aromatic N) is 3. The third-order valence-electron chi connectivity index (χ3n) is 3.99. The summed E-state index contributed by atoms with van der Waals surface area (Å²) in [7, 11) is 2.14. The van der Waals surface area contributed by atoms with Crippen LogP contribution in [0.25, 0.3) is 0 Å². The van der Waals surface area contributed by atoms with Crippen LogP contribution in [-0.4, -0.2) is 49.7 Å². The van der Waals surface area contributed by atoms with Crippen molar-refractivity contribution in [2.45, 2.75) is 33.2 Å². The minimum atomic E-state index is 0.677. The molecule has 1 aliphatic heterocycles. The number of nitrogens with one attached hydrogen (secondary N) is 1. The standard InChI is InChI=1S/C17H30N4/c1-15(2)13-18-14-16-7-6-8-17(19-16)20(3)11-12-21-9-4-5-10-21/h6-8,15,18H,4-5,9-14H2,1-3H3. The molecular weight excluding hydrogens is 260 g/mol. The first kappa shape index (κ1) is 16.2. The fourth-order valence-corrected chi connectivity index (χ4v) is 2.68. The molecule has 0 bridgehead atoms. The van der Waals surface area contributed by atoms with E-state index in [1.165, 1.54) is 25.9 Å². The molecule has 2 heterocycles. The van der Waals surface area contributed by atoms with Crippen LogP contribution in [0.2, 0.25) is 0 Å². The van der Waals surface area contributed by atoms with E-state index in [0.29, 0.717) is 5.92 Å². The summed E-state index contributed by atoms with van der Waals surface area (Å²) in [5.74, 6) is 1.76. The molecule has 0 unspecified atom stereocenters. The van der Waals surface area contributed by atoms with Crippen LogP contribution in [0, 0.1) is 5.92 Å². The molecule has 21 heavy (non-hydrogen) atoms. The molecule has 0 spiro atoms. The first-order chi connectivity index (χ1) is 10.1. The van der Waals surface area contributed by atoms with Gasteiger partial charge in [0.15, 0.2) is 0 Å². The summed E-state index contributed by atoms with van der Waals surface area (Å²) in [5.41, 5.74) is 1.13. The number of anilines is 1. The maximum atomic E-state index is 4.76. The second-order valence-electron chi connectivity index (χ2n) is 6.48. The molecule has 1 fully saturated rings. The zero-order chi connectivity index (χ0) is 15.1. The smallest absolute Gasteiger partial charge is 0.128 e. The van der Waals surface area contributed by atoms with Crippen LogP contribution in [-0.2, 0) is 6.54 Å². The van der Waals surface area contributed by atoms with Crippen molar-refractivity contribution in [3.05, 3.63) is 23.9 Å². The number of hydrogen-bond acceptors (Lipinski definition) is 4. The van der Waals surface area contributed by atoms with Gasteiger partial charge in [-0.1, -0.05) is 19.9 Å². The lowest BCUT2D eigenvalue weighted by atomic mass is 10.2. The quantitative estimate of drug-likeness (QED) is 0.796. The SMILES string of the molecule is CC(C)CNCc1cccc(N(C)CCN2CCCC2)n1. The number of pyridine rings is 1. The molecule has 0 saturated carbocycles. The highest BCUT2D eigenvalue weighted by atomic mass is 15.2. The van der Waals surface area contributed by atoms with Crippen molar-refractivity contribution in [1.29, 1.82) is 0 Å². The molecule has 0 aliphatic carbocycles. The second kappa shape index (κ2) is 8.35. The van der Waals surface area contributed by atoms with Crippen LogP contribution >= 0.6 is 0 Å². The Morgan fingerprint density at radius 3 is 2.76 bits per heavy atom. The summed E-state index contributed by atoms with van der Waals surface area (Å²) in [6.45, 7) is 11.1. The summed E-state index contributed by atoms with van der Waals surface area (Å²) < 4.78 is 0. The third-order valence-corrected chi connectivity index (χ3v) is 3.99. The molecule has 1 aromatic rings. The Labute approximate surface area is 129 Å². The molecule has 1 saturated heterocycles. The molecule has 0 amide bonds. The van der Waals surface area contributed by atoms with E-state index in [1.54, 1.807) is 0 Å². The summed E-state index contributed by atoms with van der Waals surface area (Å²) in [6, 6.07) is 6.32. The predicted molar refractivity (Wildman–Crippen MR) is 89.7 cm³/mol. The number of hydrogen-bond donors (Lipinski definition) is 1. The van der Waals surface area contributed by atoms with E-state index in [9.17, 15) is 0 Å². The number of likely N-dealkylation sites (N-methyl/N-ethyl adjacent to an activating group) is 1. The van der Waals surface area contributed by atoms with E-state index in [-0.39, 0.29) is 0 Å². The van der Waals surface area contributed by atoms with Crippen LogP contribution < -0.4 is 10.2 Å². The minimum absolute atomic E-state index is 0.677. The van der Waals surface area contributed by atoms with Crippen molar-refractivity contribution >= 4 is 5.82 Å². The van der Waals surface area contributed by atoms with Crippen LogP contribution in [0.5, 0.6) is 0 Å². The molecular formula is C17H30N4. The molecule has 1 aromatic heterocycles. The molecule has 1 aliphatic rings. The first-order valence-electron chi connectivity index (χ1n) is 8.25. The van der Waals surface area contributed by atoms with E-state index < -0.39 is 0 Å². The first-order valence-corrected chi connectivity index (χ1v) is 8.25. The summed E-state index contributed by atoms with van der Waals surface area (Å²) in [5, 5.41) is 3.45. The van der Waals surface area contributed by atoms with Gasteiger partial charge in [0.05, 0.1) is 5.69 Å². The zero-order valence-electron chi connectivity index (χ0n) is 13.8. The second-order valence-corrected chi connectivity index (χ2v) is 6.48. The normalized spacial score (nSPS) is 15.8. The van der Waals surface area contributed by atoms with Crippen LogP contribution in [0.1, 0.15) is 32.4 Å². The Morgan fingerprint density at radius 1 is 1.29 bits per heavy atom. The van der Waals surface area contributed by atoms with Crippen LogP contribution in [0.4, 0.5) is 5.82 Å². The van der Waals surface area contributed by atoms with Gasteiger partial charge in [-0.3, -0.25) is 0 Å². The highest BCUT2D eigenvalue weighted by Crippen LogP contribution is 2.11. The minimum Gasteiger partial charge on any atom is -0.358 e. The van der Waals surface area contributed by atoms with Gasteiger partial charge < -0.3 is 15.1 Å². The van der Waals surface area contributed by atoms with E-state index in [4.69, 9.17) is 4.98 Å². The van der Waals surface area contributed by atoms with Gasteiger partial charge in [0.1, 0.15) is 5.82 Å². The van der Waals surface area contributed by atoms with E-state index in [2.05, 4.69) is 54.2 Å². The molecule has 1 N–H and O–H groups in total. The third kappa shape index (κ3) is 5.64. The number of rotatable bonds is 8. The summed E-state index contributed by atoms with van der Waals surface area (Å²) in [4.78, 5) is 9.57. The Hall–Kier alpha value is -1.13. The molecule has 4 nitrogen and oxygen atoms in total. The van der Waals surface area contributed by atoms with Gasteiger partial charge in [0.25, 0.3) is 0 Å². The van der Waals surface area contributed by atoms with E-state index in [0.717, 1.165) is 37.7 Å². The van der Waals surface area contributed by atoms with Gasteiger partial charge in [-0.25, -0.2) is 4.98 Å². The van der Waals surface area contributed by atoms with Crippen LogP contribution in [0.15, 0.2) is 18.2 Å². The maximum Gasteiger partial charge on any atom is 0.128 e. The molecule has 0 aromatic carbocycles. The van der Waals surface area contributed by atoms with Crippen molar-refractivity contribution in [1.82, 2.24) is 15.2 Å². The van der Waals surface area contributed by atoms with Crippen LogP contribution in [0.3, 0.4) is 0 Å². The number of aromatic nitrogens is 1. The molecule has 0 atom stereocenters. The average molecular weight is 290 g/mol. The highest BCUT2D eigenvalue weighted by molar-refractivity contribution is 5.38. The van der Waals surface area contributed by atoms with Crippen molar-refractivity contribution < 1.29 is 0 Å². The van der Waals surface area contributed by atoms with Crippen molar-refractivity contribution in [3.8, 4) is 0 Å². The lowest BCUT2D eigenvalue weighted by Gasteiger charge is -2.22. The predicted octanol–water partition coefficient (Wildman–Crippen LogP) is 2.36. The number of likely N-dealkylation sites (tertiary alicyclic amines) is 1. The summed E-state index contributed by atoms with van der Waals surface area (Å²) in [6.07, 6.45) is 2.72. The van der Waals surface area contributed by atoms with Gasteiger partial charge in [-0.05, 0) is 50.5 Å². The van der Waals surface area contributed by atoms with Gasteiger partial charge in [-0.2, -0.15) is 0 Å². The Balaban J connectivity index is 1.80. The van der Waals surface area contributed by atoms with Crippen molar-refractivity contribution in [3.63, 3.8) is 0 Å². The van der Waals surface area contributed by atoms with Gasteiger partial charge in [0, 0.05) is 26.7 Å². The average Bonchev–Trinajstić information content (AvgIpc) is 2.98. The Bertz CT molecular complexity index is 413. The lowest BCUT2D eigenvalue weighted by molar-refractivity contribution is 0.346. The van der Waals surface area contributed by atoms with Crippen molar-refractivity contribution in [2.75, 3.05) is 44.7 Å². The Morgan fingerprint density at radius 2 is 2.05 bits per heavy atom. The lowest BCUT2D eigenvalue weighted by Crippen LogP contribution is -2.32. The van der Waals surface area contributed by atoms with Gasteiger partial charge >= 0.3 is 0 Å². The fraction of sp³-hybridized carbons (Fsp3) is 0.706. The molecule has 2 rings (SSSR count). The maximum absolute atomic E-state index is 4.76. The van der Waals surface area contributed by atoms with Gasteiger partial charge in [0.2, 0.25) is 0 Å². The van der Waals surface area contributed by atoms with E-state index >= 15 is 0 Å². The largest absolute Gasteiger partial charge is 0.358 e. The molecule has 0 radical (unpaired) electrons. The molecule has 4 heteroatoms. The Kier molecular flexibility index (Phi) is 6.46. The van der Waals surface area contributed by atoms with Gasteiger partial charge in [-0.15, -0.1) is 0 Å². The van der Waals surface area contributed by atoms with Crippen molar-refractivity contribution in [2.24, 2.45) is 5.92 Å². The zero-order valence-corrected chi connectivity index (χ0v) is 13.8. The highest BCUT2D eigenvalue weighted by Gasteiger charge is 2.12. The topological polar surface area (TPSA) is 31.4 Å². The van der Waals surface area contributed by atoms with E-state index in [1.807, 2.05) is 0 Å².